The van der Waals surface area contributed by atoms with Crippen LogP contribution < -0.4 is 0 Å². The average Bonchev–Trinajstić information content (AvgIpc) is 2.36. The van der Waals surface area contributed by atoms with Gasteiger partial charge < -0.3 is 10.0 Å². The zero-order chi connectivity index (χ0) is 13.0. The number of halogens is 1. The zero-order valence-electron chi connectivity index (χ0n) is 11.0. The van der Waals surface area contributed by atoms with E-state index in [0.717, 1.165) is 43.4 Å². The monoisotopic (exact) mass is 311 g/mol. The topological polar surface area (TPSA) is 23.5 Å². The van der Waals surface area contributed by atoms with Gasteiger partial charge in [-0.15, -0.1) is 0 Å². The van der Waals surface area contributed by atoms with Crippen molar-refractivity contribution in [3.05, 3.63) is 34.3 Å². The summed E-state index contributed by atoms with van der Waals surface area (Å²) in [7, 11) is 0. The van der Waals surface area contributed by atoms with Crippen molar-refractivity contribution < 1.29 is 5.11 Å². The van der Waals surface area contributed by atoms with Gasteiger partial charge in [-0.1, -0.05) is 35.0 Å². The lowest BCUT2D eigenvalue weighted by Gasteiger charge is -2.38. The lowest BCUT2D eigenvalue weighted by Crippen LogP contribution is -2.45. The SMILES string of the molecule is CCCN1CCC(O)(Cc2ccc(Br)cc2)CC1. The van der Waals surface area contributed by atoms with Crippen LogP contribution in [-0.4, -0.2) is 35.2 Å². The fourth-order valence-electron chi connectivity index (χ4n) is 2.67. The fraction of sp³-hybridized carbons (Fsp3) is 0.600. The molecule has 1 fully saturated rings. The molecule has 0 atom stereocenters. The largest absolute Gasteiger partial charge is 0.389 e. The second-order valence-electron chi connectivity index (χ2n) is 5.37. The number of likely N-dealkylation sites (tertiary alicyclic amines) is 1. The van der Waals surface area contributed by atoms with Crippen LogP contribution in [0.4, 0.5) is 0 Å². The quantitative estimate of drug-likeness (QED) is 0.923. The molecule has 100 valence electrons. The first-order valence-electron chi connectivity index (χ1n) is 6.80. The number of nitrogens with zero attached hydrogens (tertiary/aromatic N) is 1. The summed E-state index contributed by atoms with van der Waals surface area (Å²) in [5.74, 6) is 0. The Balaban J connectivity index is 1.91. The third kappa shape index (κ3) is 3.81. The van der Waals surface area contributed by atoms with Gasteiger partial charge in [0.05, 0.1) is 5.60 Å². The Morgan fingerprint density at radius 1 is 1.22 bits per heavy atom. The maximum absolute atomic E-state index is 10.6. The summed E-state index contributed by atoms with van der Waals surface area (Å²) in [6, 6.07) is 8.29. The summed E-state index contributed by atoms with van der Waals surface area (Å²) >= 11 is 3.44. The van der Waals surface area contributed by atoms with Gasteiger partial charge in [-0.25, -0.2) is 0 Å². The van der Waals surface area contributed by atoms with Gasteiger partial charge in [-0.2, -0.15) is 0 Å². The number of rotatable bonds is 4. The minimum atomic E-state index is -0.502. The Morgan fingerprint density at radius 3 is 2.39 bits per heavy atom. The normalized spacial score (nSPS) is 19.9. The van der Waals surface area contributed by atoms with Gasteiger partial charge in [0.2, 0.25) is 0 Å². The van der Waals surface area contributed by atoms with Crippen LogP contribution in [0.1, 0.15) is 31.7 Å². The summed E-state index contributed by atoms with van der Waals surface area (Å²) < 4.78 is 1.09. The average molecular weight is 312 g/mol. The third-order valence-corrected chi connectivity index (χ3v) is 4.30. The Hall–Kier alpha value is -0.380. The molecule has 1 aromatic carbocycles. The summed E-state index contributed by atoms with van der Waals surface area (Å²) in [6.45, 7) is 5.43. The van der Waals surface area contributed by atoms with E-state index >= 15 is 0 Å². The van der Waals surface area contributed by atoms with Crippen LogP contribution >= 0.6 is 15.9 Å². The van der Waals surface area contributed by atoms with Crippen LogP contribution in [0.3, 0.4) is 0 Å². The number of hydrogen-bond acceptors (Lipinski definition) is 2. The Bertz CT molecular complexity index is 369. The second kappa shape index (κ2) is 6.18. The molecule has 0 saturated carbocycles. The van der Waals surface area contributed by atoms with Crippen molar-refractivity contribution in [1.82, 2.24) is 4.90 Å². The predicted octanol–water partition coefficient (Wildman–Crippen LogP) is 3.23. The molecule has 1 aliphatic heterocycles. The molecule has 1 aromatic rings. The highest BCUT2D eigenvalue weighted by molar-refractivity contribution is 9.10. The van der Waals surface area contributed by atoms with E-state index in [1.54, 1.807) is 0 Å². The van der Waals surface area contributed by atoms with Gasteiger partial charge in [0.25, 0.3) is 0 Å². The Labute approximate surface area is 118 Å². The first-order chi connectivity index (χ1) is 8.61. The van der Waals surface area contributed by atoms with Crippen molar-refractivity contribution in [1.29, 1.82) is 0 Å². The summed E-state index contributed by atoms with van der Waals surface area (Å²) in [5.41, 5.74) is 0.725. The molecule has 0 aromatic heterocycles. The number of aliphatic hydroxyl groups is 1. The molecule has 0 unspecified atom stereocenters. The van der Waals surface area contributed by atoms with Crippen molar-refractivity contribution in [2.24, 2.45) is 0 Å². The number of benzene rings is 1. The summed E-state index contributed by atoms with van der Waals surface area (Å²) in [6.07, 6.45) is 3.76. The van der Waals surface area contributed by atoms with Crippen molar-refractivity contribution >= 4 is 15.9 Å². The van der Waals surface area contributed by atoms with E-state index in [4.69, 9.17) is 0 Å². The highest BCUT2D eigenvalue weighted by Gasteiger charge is 2.31. The van der Waals surface area contributed by atoms with E-state index in [-0.39, 0.29) is 0 Å². The molecule has 0 amide bonds. The highest BCUT2D eigenvalue weighted by atomic mass is 79.9. The molecule has 0 bridgehead atoms. The smallest absolute Gasteiger partial charge is 0.0712 e. The summed E-state index contributed by atoms with van der Waals surface area (Å²) in [5, 5.41) is 10.6. The molecule has 2 nitrogen and oxygen atoms in total. The van der Waals surface area contributed by atoms with Gasteiger partial charge >= 0.3 is 0 Å². The van der Waals surface area contributed by atoms with Crippen LogP contribution in [0.25, 0.3) is 0 Å². The van der Waals surface area contributed by atoms with Gasteiger partial charge in [0, 0.05) is 24.0 Å². The number of hydrogen-bond donors (Lipinski definition) is 1. The van der Waals surface area contributed by atoms with Crippen LogP contribution in [0.2, 0.25) is 0 Å². The van der Waals surface area contributed by atoms with Crippen molar-refractivity contribution in [2.75, 3.05) is 19.6 Å². The molecule has 18 heavy (non-hydrogen) atoms. The lowest BCUT2D eigenvalue weighted by molar-refractivity contribution is -0.0205. The molecule has 1 saturated heterocycles. The maximum atomic E-state index is 10.6. The van der Waals surface area contributed by atoms with Crippen molar-refractivity contribution in [2.45, 2.75) is 38.2 Å². The molecule has 1 aliphatic rings. The highest BCUT2D eigenvalue weighted by Crippen LogP contribution is 2.27. The zero-order valence-corrected chi connectivity index (χ0v) is 12.6. The van der Waals surface area contributed by atoms with Crippen molar-refractivity contribution in [3.8, 4) is 0 Å². The van der Waals surface area contributed by atoms with Gasteiger partial charge in [0.1, 0.15) is 0 Å². The van der Waals surface area contributed by atoms with Crippen LogP contribution in [0.15, 0.2) is 28.7 Å². The predicted molar refractivity (Wildman–Crippen MR) is 78.8 cm³/mol. The van der Waals surface area contributed by atoms with Crippen molar-refractivity contribution in [3.63, 3.8) is 0 Å². The molecule has 2 rings (SSSR count). The van der Waals surface area contributed by atoms with Crippen LogP contribution in [0.5, 0.6) is 0 Å². The van der Waals surface area contributed by atoms with E-state index in [0.29, 0.717) is 0 Å². The second-order valence-corrected chi connectivity index (χ2v) is 6.28. The Morgan fingerprint density at radius 2 is 1.83 bits per heavy atom. The molecule has 0 spiro atoms. The Kier molecular flexibility index (Phi) is 4.82. The molecule has 3 heteroatoms. The van der Waals surface area contributed by atoms with E-state index < -0.39 is 5.60 Å². The first kappa shape index (κ1) is 14.0. The minimum Gasteiger partial charge on any atom is -0.389 e. The first-order valence-corrected chi connectivity index (χ1v) is 7.60. The molecular weight excluding hydrogens is 290 g/mol. The van der Waals surface area contributed by atoms with E-state index in [9.17, 15) is 5.11 Å². The van der Waals surface area contributed by atoms with Crippen LogP contribution in [0, 0.1) is 0 Å². The van der Waals surface area contributed by atoms with Gasteiger partial charge in [-0.3, -0.25) is 0 Å². The van der Waals surface area contributed by atoms with E-state index in [1.165, 1.54) is 12.0 Å². The lowest BCUT2D eigenvalue weighted by atomic mass is 9.85. The minimum absolute atomic E-state index is 0.502. The molecule has 0 radical (unpaired) electrons. The van der Waals surface area contributed by atoms with E-state index in [1.807, 2.05) is 12.1 Å². The molecule has 1 heterocycles. The maximum Gasteiger partial charge on any atom is 0.0712 e. The molecular formula is C15H22BrNO. The number of piperidine rings is 1. The van der Waals surface area contributed by atoms with Gasteiger partial charge in [0.15, 0.2) is 0 Å². The third-order valence-electron chi connectivity index (χ3n) is 3.77. The van der Waals surface area contributed by atoms with Gasteiger partial charge in [-0.05, 0) is 43.5 Å². The standard InChI is InChI=1S/C15H22BrNO/c1-2-9-17-10-7-15(18,8-11-17)12-13-3-5-14(16)6-4-13/h3-6,18H,2,7-12H2,1H3. The van der Waals surface area contributed by atoms with E-state index in [2.05, 4.69) is 39.9 Å². The molecule has 1 N–H and O–H groups in total. The fourth-order valence-corrected chi connectivity index (χ4v) is 2.93. The van der Waals surface area contributed by atoms with Crippen LogP contribution in [-0.2, 0) is 6.42 Å². The summed E-state index contributed by atoms with van der Waals surface area (Å²) in [4.78, 5) is 2.45. The molecule has 0 aliphatic carbocycles.